The molecule has 2 atom stereocenters. The van der Waals surface area contributed by atoms with E-state index in [2.05, 4.69) is 4.37 Å². The fraction of sp³-hybridized carbons (Fsp3) is 0.444. The smallest absolute Gasteiger partial charge is 0.274 e. The molecule has 0 spiro atoms. The quantitative estimate of drug-likeness (QED) is 0.921. The molecule has 2 aliphatic heterocycles. The molecular formula is C18H20N2O2S. The molecule has 120 valence electrons. The Labute approximate surface area is 139 Å². The molecule has 2 unspecified atom stereocenters. The predicted octanol–water partition coefficient (Wildman–Crippen LogP) is 3.11. The lowest BCUT2D eigenvalue weighted by Crippen LogP contribution is -2.52. The van der Waals surface area contributed by atoms with Crippen LogP contribution in [0.15, 0.2) is 36.4 Å². The van der Waals surface area contributed by atoms with Crippen LogP contribution in [0.1, 0.15) is 46.6 Å². The number of aliphatic hydroxyl groups is 1. The first kappa shape index (κ1) is 14.8. The van der Waals surface area contributed by atoms with Gasteiger partial charge < -0.3 is 10.0 Å². The first-order chi connectivity index (χ1) is 11.1. The van der Waals surface area contributed by atoms with Crippen LogP contribution < -0.4 is 0 Å². The Morgan fingerprint density at radius 2 is 1.91 bits per heavy atom. The van der Waals surface area contributed by atoms with Crippen molar-refractivity contribution in [3.8, 4) is 0 Å². The average Bonchev–Trinajstić information content (AvgIpc) is 3.10. The number of benzene rings is 1. The van der Waals surface area contributed by atoms with Gasteiger partial charge in [-0.2, -0.15) is 4.37 Å². The van der Waals surface area contributed by atoms with Crippen molar-refractivity contribution in [1.82, 2.24) is 9.27 Å². The Morgan fingerprint density at radius 3 is 2.48 bits per heavy atom. The number of nitrogens with zero attached hydrogens (tertiary/aromatic N) is 2. The second kappa shape index (κ2) is 5.42. The monoisotopic (exact) mass is 328 g/mol. The van der Waals surface area contributed by atoms with Crippen LogP contribution in [-0.4, -0.2) is 32.4 Å². The fourth-order valence-corrected chi connectivity index (χ4v) is 4.68. The summed E-state index contributed by atoms with van der Waals surface area (Å²) in [6.07, 6.45) is 3.16. The van der Waals surface area contributed by atoms with Crippen molar-refractivity contribution in [2.45, 2.75) is 50.3 Å². The number of carbonyl (C=O) groups is 1. The zero-order valence-corrected chi connectivity index (χ0v) is 13.9. The zero-order chi connectivity index (χ0) is 16.0. The lowest BCUT2D eigenvalue weighted by atomic mass is 9.80. The predicted molar refractivity (Wildman–Crippen MR) is 89.4 cm³/mol. The van der Waals surface area contributed by atoms with E-state index in [4.69, 9.17) is 0 Å². The minimum atomic E-state index is -0.818. The van der Waals surface area contributed by atoms with E-state index in [1.54, 1.807) is 0 Å². The van der Waals surface area contributed by atoms with Gasteiger partial charge in [0.2, 0.25) is 0 Å². The number of piperidine rings is 1. The lowest BCUT2D eigenvalue weighted by Gasteiger charge is -2.43. The first-order valence-corrected chi connectivity index (χ1v) is 8.88. The van der Waals surface area contributed by atoms with Gasteiger partial charge in [-0.1, -0.05) is 30.3 Å². The van der Waals surface area contributed by atoms with Crippen LogP contribution in [0.4, 0.5) is 0 Å². The van der Waals surface area contributed by atoms with Crippen LogP contribution in [0.3, 0.4) is 0 Å². The molecule has 23 heavy (non-hydrogen) atoms. The van der Waals surface area contributed by atoms with Gasteiger partial charge in [-0.15, -0.1) is 0 Å². The minimum Gasteiger partial charge on any atom is -0.385 e. The average molecular weight is 328 g/mol. The van der Waals surface area contributed by atoms with Gasteiger partial charge in [-0.3, -0.25) is 4.79 Å². The van der Waals surface area contributed by atoms with Gasteiger partial charge in [0, 0.05) is 29.8 Å². The Balaban J connectivity index is 1.60. The topological polar surface area (TPSA) is 53.4 Å². The molecular weight excluding hydrogens is 308 g/mol. The van der Waals surface area contributed by atoms with E-state index in [1.165, 1.54) is 11.5 Å². The van der Waals surface area contributed by atoms with Crippen LogP contribution in [0.2, 0.25) is 0 Å². The van der Waals surface area contributed by atoms with Crippen molar-refractivity contribution in [3.63, 3.8) is 0 Å². The van der Waals surface area contributed by atoms with E-state index >= 15 is 0 Å². The molecule has 3 heterocycles. The zero-order valence-electron chi connectivity index (χ0n) is 13.1. The summed E-state index contributed by atoms with van der Waals surface area (Å²) in [6.45, 7) is 1.97. The van der Waals surface area contributed by atoms with Gasteiger partial charge in [0.15, 0.2) is 0 Å². The van der Waals surface area contributed by atoms with Crippen LogP contribution in [0, 0.1) is 6.92 Å². The number of hydrogen-bond donors (Lipinski definition) is 1. The van der Waals surface area contributed by atoms with E-state index in [-0.39, 0.29) is 18.0 Å². The van der Waals surface area contributed by atoms with E-state index < -0.39 is 5.60 Å². The molecule has 1 N–H and O–H groups in total. The van der Waals surface area contributed by atoms with E-state index in [9.17, 15) is 9.90 Å². The lowest BCUT2D eigenvalue weighted by molar-refractivity contribution is -0.0480. The van der Waals surface area contributed by atoms with Gasteiger partial charge in [-0.05, 0) is 42.9 Å². The Morgan fingerprint density at radius 1 is 1.26 bits per heavy atom. The summed E-state index contributed by atoms with van der Waals surface area (Å²) < 4.78 is 4.27. The summed E-state index contributed by atoms with van der Waals surface area (Å²) in [5, 5.41) is 11.1. The van der Waals surface area contributed by atoms with E-state index in [0.717, 1.165) is 23.3 Å². The Kier molecular flexibility index (Phi) is 3.50. The Bertz CT molecular complexity index is 714. The van der Waals surface area contributed by atoms with Crippen LogP contribution in [-0.2, 0) is 5.60 Å². The van der Waals surface area contributed by atoms with E-state index in [1.807, 2.05) is 48.2 Å². The third-order valence-electron chi connectivity index (χ3n) is 5.16. The third-order valence-corrected chi connectivity index (χ3v) is 5.85. The highest BCUT2D eigenvalue weighted by molar-refractivity contribution is 7.05. The SMILES string of the molecule is Cc1cc(C(=O)N2C3CCC2CC(O)(c2ccccc2)C3)ns1. The summed E-state index contributed by atoms with van der Waals surface area (Å²) in [5.41, 5.74) is 0.699. The number of rotatable bonds is 2. The summed E-state index contributed by atoms with van der Waals surface area (Å²) >= 11 is 1.37. The summed E-state index contributed by atoms with van der Waals surface area (Å²) in [4.78, 5) is 15.8. The molecule has 0 aliphatic carbocycles. The number of hydrogen-bond acceptors (Lipinski definition) is 4. The molecule has 1 amide bonds. The van der Waals surface area contributed by atoms with Crippen LogP contribution >= 0.6 is 11.5 Å². The molecule has 4 nitrogen and oxygen atoms in total. The fourth-order valence-electron chi connectivity index (χ4n) is 4.14. The maximum absolute atomic E-state index is 12.8. The van der Waals surface area contributed by atoms with E-state index in [0.29, 0.717) is 18.5 Å². The summed E-state index contributed by atoms with van der Waals surface area (Å²) in [5.74, 6) is 0.0250. The van der Waals surface area contributed by atoms with Crippen molar-refractivity contribution < 1.29 is 9.90 Å². The minimum absolute atomic E-state index is 0.0250. The van der Waals surface area contributed by atoms with Gasteiger partial charge in [0.25, 0.3) is 5.91 Å². The van der Waals surface area contributed by atoms with Gasteiger partial charge in [-0.25, -0.2) is 0 Å². The highest BCUT2D eigenvalue weighted by Gasteiger charge is 2.50. The molecule has 2 saturated heterocycles. The second-order valence-electron chi connectivity index (χ2n) is 6.73. The van der Waals surface area contributed by atoms with Crippen molar-refractivity contribution in [2.24, 2.45) is 0 Å². The van der Waals surface area contributed by atoms with Gasteiger partial charge in [0.05, 0.1) is 5.60 Å². The number of amides is 1. The number of aryl methyl sites for hydroxylation is 1. The molecule has 2 aromatic rings. The van der Waals surface area contributed by atoms with Crippen molar-refractivity contribution in [2.75, 3.05) is 0 Å². The van der Waals surface area contributed by atoms with Crippen LogP contribution in [0.25, 0.3) is 0 Å². The Hall–Kier alpha value is -1.72. The molecule has 2 bridgehead atoms. The molecule has 5 heteroatoms. The summed E-state index contributed by atoms with van der Waals surface area (Å²) in [6, 6.07) is 11.9. The maximum Gasteiger partial charge on any atom is 0.274 e. The number of aromatic nitrogens is 1. The molecule has 4 rings (SSSR count). The first-order valence-electron chi connectivity index (χ1n) is 8.11. The molecule has 0 saturated carbocycles. The molecule has 1 aromatic heterocycles. The van der Waals surface area contributed by atoms with Gasteiger partial charge in [0.1, 0.15) is 5.69 Å². The highest BCUT2D eigenvalue weighted by atomic mass is 32.1. The molecule has 1 aromatic carbocycles. The highest BCUT2D eigenvalue weighted by Crippen LogP contribution is 2.46. The molecule has 0 radical (unpaired) electrons. The van der Waals surface area contributed by atoms with Crippen molar-refractivity contribution in [1.29, 1.82) is 0 Å². The maximum atomic E-state index is 12.8. The number of carbonyl (C=O) groups excluding carboxylic acids is 1. The third kappa shape index (κ3) is 2.48. The van der Waals surface area contributed by atoms with Crippen molar-refractivity contribution >= 4 is 17.4 Å². The second-order valence-corrected chi connectivity index (χ2v) is 7.74. The molecule has 2 aliphatic rings. The van der Waals surface area contributed by atoms with Crippen LogP contribution in [0.5, 0.6) is 0 Å². The standard InChI is InChI=1S/C18H20N2O2S/c1-12-9-16(19-23-12)17(21)20-14-7-8-15(20)11-18(22,10-14)13-5-3-2-4-6-13/h2-6,9,14-15,22H,7-8,10-11H2,1H3. The summed E-state index contributed by atoms with van der Waals surface area (Å²) in [7, 11) is 0. The van der Waals surface area contributed by atoms with Crippen molar-refractivity contribution in [3.05, 3.63) is 52.5 Å². The number of fused-ring (bicyclic) bond motifs is 2. The normalized spacial score (nSPS) is 29.7. The largest absolute Gasteiger partial charge is 0.385 e. The molecule has 2 fully saturated rings. The van der Waals surface area contributed by atoms with Gasteiger partial charge >= 0.3 is 0 Å².